The molecular weight excluding hydrogens is 380 g/mol. The van der Waals surface area contributed by atoms with Crippen molar-refractivity contribution in [3.05, 3.63) is 87.6 Å². The van der Waals surface area contributed by atoms with Crippen molar-refractivity contribution in [3.63, 3.8) is 0 Å². The third-order valence-electron chi connectivity index (χ3n) is 5.00. The highest BCUT2D eigenvalue weighted by Gasteiger charge is 2.20. The number of hydrogen-bond acceptors (Lipinski definition) is 3. The maximum atomic E-state index is 12.4. The van der Waals surface area contributed by atoms with Gasteiger partial charge in [0.2, 0.25) is 0 Å². The zero-order valence-corrected chi connectivity index (χ0v) is 18.0. The van der Waals surface area contributed by atoms with Crippen LogP contribution in [0, 0.1) is 0 Å². The molecule has 0 saturated heterocycles. The summed E-state index contributed by atoms with van der Waals surface area (Å²) in [6, 6.07) is 20.8. The molecule has 0 radical (unpaired) electrons. The molecule has 1 amide bonds. The van der Waals surface area contributed by atoms with Crippen molar-refractivity contribution in [1.82, 2.24) is 5.32 Å². The predicted octanol–water partition coefficient (Wildman–Crippen LogP) is 3.85. The molecule has 3 aromatic rings. The van der Waals surface area contributed by atoms with E-state index in [0.717, 1.165) is 11.3 Å². The van der Waals surface area contributed by atoms with Gasteiger partial charge < -0.3 is 15.4 Å². The molecule has 0 spiro atoms. The Kier molecular flexibility index (Phi) is 7.44. The average Bonchev–Trinajstić information content (AvgIpc) is 3.27. The summed E-state index contributed by atoms with van der Waals surface area (Å²) in [5.41, 5.74) is 3.61. The van der Waals surface area contributed by atoms with Crippen LogP contribution in [-0.2, 0) is 11.3 Å². The first-order valence-corrected chi connectivity index (χ1v) is 10.8. The Balaban J connectivity index is 1.60. The van der Waals surface area contributed by atoms with Gasteiger partial charge in [0.1, 0.15) is 11.8 Å². The second kappa shape index (κ2) is 10.2. The third-order valence-corrected chi connectivity index (χ3v) is 5.96. The minimum Gasteiger partial charge on any atom is -0.497 e. The molecule has 2 aromatic carbocycles. The van der Waals surface area contributed by atoms with Gasteiger partial charge in [-0.15, -0.1) is 11.3 Å². The number of rotatable bonds is 9. The fourth-order valence-electron chi connectivity index (χ4n) is 3.21. The summed E-state index contributed by atoms with van der Waals surface area (Å²) in [7, 11) is 1.65. The smallest absolute Gasteiger partial charge is 0.275 e. The molecule has 0 aliphatic carbocycles. The Morgan fingerprint density at radius 1 is 1.03 bits per heavy atom. The fourth-order valence-corrected chi connectivity index (χ4v) is 4.06. The van der Waals surface area contributed by atoms with Crippen molar-refractivity contribution in [1.29, 1.82) is 0 Å². The minimum absolute atomic E-state index is 0.0289. The number of nitrogens with two attached hydrogens (primary N) is 1. The SMILES string of the molecule is COc1ccc(CNC(=O)C[NH2+][C@H](c2ccc(C(C)C)cc2)c2cccs2)cc1. The maximum Gasteiger partial charge on any atom is 0.275 e. The van der Waals surface area contributed by atoms with E-state index in [1.54, 1.807) is 18.4 Å². The lowest BCUT2D eigenvalue weighted by atomic mass is 9.98. The van der Waals surface area contributed by atoms with E-state index in [2.05, 4.69) is 66.3 Å². The van der Waals surface area contributed by atoms with Crippen LogP contribution in [0.1, 0.15) is 47.4 Å². The van der Waals surface area contributed by atoms with Crippen molar-refractivity contribution in [2.75, 3.05) is 13.7 Å². The summed E-state index contributed by atoms with van der Waals surface area (Å²) in [6.07, 6.45) is 0. The second-order valence-electron chi connectivity index (χ2n) is 7.38. The Bertz CT molecular complexity index is 888. The number of hydrogen-bond donors (Lipinski definition) is 2. The van der Waals surface area contributed by atoms with Gasteiger partial charge >= 0.3 is 0 Å². The van der Waals surface area contributed by atoms with Crippen LogP contribution in [0.15, 0.2) is 66.0 Å². The molecule has 3 N–H and O–H groups in total. The Hall–Kier alpha value is -2.63. The lowest BCUT2D eigenvalue weighted by Crippen LogP contribution is -2.87. The molecule has 152 valence electrons. The van der Waals surface area contributed by atoms with Gasteiger partial charge in [0, 0.05) is 12.1 Å². The number of quaternary nitrogens is 1. The van der Waals surface area contributed by atoms with E-state index in [4.69, 9.17) is 4.74 Å². The highest BCUT2D eigenvalue weighted by molar-refractivity contribution is 7.10. The molecule has 0 saturated carbocycles. The topological polar surface area (TPSA) is 54.9 Å². The molecule has 0 aliphatic rings. The number of nitrogens with one attached hydrogen (secondary N) is 1. The molecule has 1 atom stereocenters. The van der Waals surface area contributed by atoms with Gasteiger partial charge in [-0.05, 0) is 40.6 Å². The first-order chi connectivity index (χ1) is 14.1. The molecular formula is C24H29N2O2S+. The van der Waals surface area contributed by atoms with Gasteiger partial charge in [-0.1, -0.05) is 56.3 Å². The lowest BCUT2D eigenvalue weighted by Gasteiger charge is -2.16. The average molecular weight is 410 g/mol. The van der Waals surface area contributed by atoms with E-state index in [0.29, 0.717) is 19.0 Å². The number of amides is 1. The zero-order chi connectivity index (χ0) is 20.6. The summed E-state index contributed by atoms with van der Waals surface area (Å²) in [5, 5.41) is 7.20. The van der Waals surface area contributed by atoms with Crippen LogP contribution >= 0.6 is 11.3 Å². The number of methoxy groups -OCH3 is 1. The number of thiophene rings is 1. The van der Waals surface area contributed by atoms with E-state index in [-0.39, 0.29) is 11.9 Å². The molecule has 29 heavy (non-hydrogen) atoms. The molecule has 0 fully saturated rings. The van der Waals surface area contributed by atoms with Gasteiger partial charge in [0.15, 0.2) is 6.54 Å². The van der Waals surface area contributed by atoms with E-state index in [1.807, 2.05) is 24.3 Å². The zero-order valence-electron chi connectivity index (χ0n) is 17.2. The molecule has 0 aliphatic heterocycles. The van der Waals surface area contributed by atoms with Crippen LogP contribution < -0.4 is 15.4 Å². The third kappa shape index (κ3) is 5.92. The number of benzene rings is 2. The molecule has 4 nitrogen and oxygen atoms in total. The first-order valence-electron chi connectivity index (χ1n) is 9.93. The van der Waals surface area contributed by atoms with Crippen LogP contribution in [0.3, 0.4) is 0 Å². The maximum absolute atomic E-state index is 12.4. The van der Waals surface area contributed by atoms with Gasteiger partial charge in [-0.3, -0.25) is 4.79 Å². The van der Waals surface area contributed by atoms with E-state index >= 15 is 0 Å². The van der Waals surface area contributed by atoms with Crippen LogP contribution in [0.5, 0.6) is 5.75 Å². The summed E-state index contributed by atoms with van der Waals surface area (Å²) >= 11 is 1.73. The van der Waals surface area contributed by atoms with Crippen molar-refractivity contribution in [2.45, 2.75) is 32.4 Å². The van der Waals surface area contributed by atoms with Crippen LogP contribution in [0.4, 0.5) is 0 Å². The summed E-state index contributed by atoms with van der Waals surface area (Å²) < 4.78 is 5.17. The van der Waals surface area contributed by atoms with Crippen LogP contribution in [0.2, 0.25) is 0 Å². The largest absolute Gasteiger partial charge is 0.497 e. The van der Waals surface area contributed by atoms with Crippen molar-refractivity contribution in [3.8, 4) is 5.75 Å². The monoisotopic (exact) mass is 409 g/mol. The highest BCUT2D eigenvalue weighted by atomic mass is 32.1. The highest BCUT2D eigenvalue weighted by Crippen LogP contribution is 2.24. The Labute approximate surface area is 176 Å². The van der Waals surface area contributed by atoms with Crippen LogP contribution in [-0.4, -0.2) is 19.6 Å². The Morgan fingerprint density at radius 2 is 1.72 bits per heavy atom. The molecule has 1 heterocycles. The fraction of sp³-hybridized carbons (Fsp3) is 0.292. The van der Waals surface area contributed by atoms with E-state index < -0.39 is 0 Å². The molecule has 0 bridgehead atoms. The van der Waals surface area contributed by atoms with Crippen molar-refractivity contribution in [2.24, 2.45) is 0 Å². The van der Waals surface area contributed by atoms with Crippen molar-refractivity contribution >= 4 is 17.2 Å². The van der Waals surface area contributed by atoms with Crippen LogP contribution in [0.25, 0.3) is 0 Å². The number of carbonyl (C=O) groups is 1. The van der Waals surface area contributed by atoms with Crippen molar-refractivity contribution < 1.29 is 14.8 Å². The van der Waals surface area contributed by atoms with Gasteiger partial charge in [-0.25, -0.2) is 0 Å². The van der Waals surface area contributed by atoms with E-state index in [9.17, 15) is 4.79 Å². The van der Waals surface area contributed by atoms with Gasteiger partial charge in [-0.2, -0.15) is 0 Å². The first kappa shape index (κ1) is 21.1. The molecule has 1 aromatic heterocycles. The summed E-state index contributed by atoms with van der Waals surface area (Å²) in [5.74, 6) is 1.36. The normalized spacial score (nSPS) is 12.0. The quantitative estimate of drug-likeness (QED) is 0.564. The van der Waals surface area contributed by atoms with Gasteiger partial charge in [0.05, 0.1) is 12.0 Å². The lowest BCUT2D eigenvalue weighted by molar-refractivity contribution is -0.676. The molecule has 3 rings (SSSR count). The number of carbonyl (C=O) groups excluding carboxylic acids is 1. The molecule has 5 heteroatoms. The standard InChI is InChI=1S/C24H28N2O2S/c1-17(2)19-8-10-20(11-9-19)24(22-5-4-14-29-22)26-16-23(27)25-15-18-6-12-21(28-3)13-7-18/h4-14,17,24,26H,15-16H2,1-3H3,(H,25,27)/p+1/t24-/m1/s1. The number of ether oxygens (including phenoxy) is 1. The summed E-state index contributed by atoms with van der Waals surface area (Å²) in [6.45, 7) is 5.30. The predicted molar refractivity (Wildman–Crippen MR) is 118 cm³/mol. The molecule has 0 unspecified atom stereocenters. The van der Waals surface area contributed by atoms with E-state index in [1.165, 1.54) is 16.0 Å². The summed E-state index contributed by atoms with van der Waals surface area (Å²) in [4.78, 5) is 13.7. The Morgan fingerprint density at radius 3 is 2.31 bits per heavy atom. The minimum atomic E-state index is 0.0289. The van der Waals surface area contributed by atoms with Gasteiger partial charge in [0.25, 0.3) is 5.91 Å². The second-order valence-corrected chi connectivity index (χ2v) is 8.36.